The van der Waals surface area contributed by atoms with Crippen molar-refractivity contribution >= 4 is 11.7 Å². The van der Waals surface area contributed by atoms with E-state index < -0.39 is 0 Å². The molecule has 3 atom stereocenters. The summed E-state index contributed by atoms with van der Waals surface area (Å²) in [5, 5.41) is 3.38. The molecule has 6 nitrogen and oxygen atoms in total. The molecule has 3 heterocycles. The third kappa shape index (κ3) is 4.22. The molecule has 4 rings (SSSR count). The zero-order valence-corrected chi connectivity index (χ0v) is 15.5. The van der Waals surface area contributed by atoms with E-state index in [2.05, 4.69) is 10.3 Å². The van der Waals surface area contributed by atoms with E-state index in [-0.39, 0.29) is 18.6 Å². The molecule has 0 radical (unpaired) electrons. The fourth-order valence-corrected chi connectivity index (χ4v) is 3.79. The molecule has 0 unspecified atom stereocenters. The van der Waals surface area contributed by atoms with Gasteiger partial charge in [0.2, 0.25) is 0 Å². The Bertz CT molecular complexity index is 766. The number of ether oxygens (including phenoxy) is 2. The lowest BCUT2D eigenvalue weighted by Crippen LogP contribution is -2.35. The van der Waals surface area contributed by atoms with Gasteiger partial charge in [0.25, 0.3) is 5.91 Å². The van der Waals surface area contributed by atoms with Gasteiger partial charge in [-0.05, 0) is 31.2 Å². The fourth-order valence-electron chi connectivity index (χ4n) is 3.79. The Morgan fingerprint density at radius 3 is 2.89 bits per heavy atom. The van der Waals surface area contributed by atoms with Gasteiger partial charge in [0.05, 0.1) is 12.7 Å². The second-order valence-corrected chi connectivity index (χ2v) is 7.29. The summed E-state index contributed by atoms with van der Waals surface area (Å²) in [5.74, 6) is 2.36. The van der Waals surface area contributed by atoms with E-state index in [4.69, 9.17) is 9.47 Å². The highest BCUT2D eigenvalue weighted by atomic mass is 16.5. The minimum Gasteiger partial charge on any atom is -0.484 e. The number of hydrogen-bond donors (Lipinski definition) is 1. The second kappa shape index (κ2) is 7.96. The topological polar surface area (TPSA) is 63.7 Å². The van der Waals surface area contributed by atoms with Crippen LogP contribution in [0.5, 0.6) is 5.75 Å². The van der Waals surface area contributed by atoms with Crippen LogP contribution in [-0.4, -0.2) is 54.7 Å². The van der Waals surface area contributed by atoms with Crippen LogP contribution in [0.15, 0.2) is 48.7 Å². The predicted octanol–water partition coefficient (Wildman–Crippen LogP) is 2.35. The van der Waals surface area contributed by atoms with Gasteiger partial charge in [0, 0.05) is 37.7 Å². The van der Waals surface area contributed by atoms with Crippen molar-refractivity contribution in [2.75, 3.05) is 38.2 Å². The van der Waals surface area contributed by atoms with Crippen molar-refractivity contribution in [3.63, 3.8) is 0 Å². The summed E-state index contributed by atoms with van der Waals surface area (Å²) in [4.78, 5) is 18.7. The molecule has 0 spiro atoms. The average Bonchev–Trinajstić information content (AvgIpc) is 3.28. The Morgan fingerprint density at radius 1 is 1.26 bits per heavy atom. The Morgan fingerprint density at radius 2 is 2.11 bits per heavy atom. The molecule has 0 saturated carbocycles. The highest BCUT2D eigenvalue weighted by Crippen LogP contribution is 2.33. The fraction of sp³-hybridized carbons (Fsp3) is 0.429. The smallest absolute Gasteiger partial charge is 0.260 e. The molecule has 2 aliphatic heterocycles. The van der Waals surface area contributed by atoms with Crippen LogP contribution in [0, 0.1) is 18.8 Å². The lowest BCUT2D eigenvalue weighted by molar-refractivity contribution is -0.133. The number of rotatable bonds is 6. The van der Waals surface area contributed by atoms with E-state index in [1.807, 2.05) is 54.3 Å². The summed E-state index contributed by atoms with van der Waals surface area (Å²) in [5.41, 5.74) is 1.17. The quantitative estimate of drug-likeness (QED) is 0.849. The van der Waals surface area contributed by atoms with Crippen molar-refractivity contribution in [3.05, 3.63) is 54.2 Å². The van der Waals surface area contributed by atoms with Crippen LogP contribution in [0.1, 0.15) is 5.56 Å². The summed E-state index contributed by atoms with van der Waals surface area (Å²) < 4.78 is 11.6. The zero-order chi connectivity index (χ0) is 18.6. The first-order valence-electron chi connectivity index (χ1n) is 9.43. The molecule has 142 valence electrons. The molecule has 1 aromatic heterocycles. The number of pyridine rings is 1. The number of carbonyl (C=O) groups is 1. The van der Waals surface area contributed by atoms with E-state index in [0.29, 0.717) is 18.4 Å². The number of hydrogen-bond acceptors (Lipinski definition) is 5. The van der Waals surface area contributed by atoms with Gasteiger partial charge >= 0.3 is 0 Å². The Labute approximate surface area is 159 Å². The van der Waals surface area contributed by atoms with Crippen LogP contribution in [0.4, 0.5) is 5.82 Å². The molecule has 1 amide bonds. The third-order valence-electron chi connectivity index (χ3n) is 5.39. The molecule has 2 fully saturated rings. The van der Waals surface area contributed by atoms with Gasteiger partial charge in [-0.1, -0.05) is 23.8 Å². The first kappa shape index (κ1) is 17.8. The number of anilines is 1. The van der Waals surface area contributed by atoms with Gasteiger partial charge in [-0.25, -0.2) is 4.98 Å². The third-order valence-corrected chi connectivity index (χ3v) is 5.39. The highest BCUT2D eigenvalue weighted by molar-refractivity contribution is 5.78. The van der Waals surface area contributed by atoms with Crippen LogP contribution in [0.25, 0.3) is 0 Å². The van der Waals surface area contributed by atoms with Crippen LogP contribution in [0.2, 0.25) is 0 Å². The summed E-state index contributed by atoms with van der Waals surface area (Å²) in [6.45, 7) is 5.02. The van der Waals surface area contributed by atoms with Gasteiger partial charge in [-0.3, -0.25) is 4.79 Å². The Balaban J connectivity index is 1.27. The molecular formula is C21H25N3O3. The number of nitrogens with zero attached hydrogens (tertiary/aromatic N) is 2. The Hall–Kier alpha value is -2.60. The summed E-state index contributed by atoms with van der Waals surface area (Å²) >= 11 is 0. The van der Waals surface area contributed by atoms with E-state index in [9.17, 15) is 4.79 Å². The second-order valence-electron chi connectivity index (χ2n) is 7.29. The number of nitrogens with one attached hydrogen (secondary N) is 1. The lowest BCUT2D eigenvalue weighted by atomic mass is 9.93. The average molecular weight is 367 g/mol. The van der Waals surface area contributed by atoms with E-state index >= 15 is 0 Å². The molecule has 1 aromatic carbocycles. The number of fused-ring (bicyclic) bond motifs is 1. The first-order chi connectivity index (χ1) is 13.2. The van der Waals surface area contributed by atoms with Crippen molar-refractivity contribution in [1.29, 1.82) is 0 Å². The molecule has 6 heteroatoms. The van der Waals surface area contributed by atoms with Crippen LogP contribution in [-0.2, 0) is 9.53 Å². The molecular weight excluding hydrogens is 342 g/mol. The molecule has 27 heavy (non-hydrogen) atoms. The monoisotopic (exact) mass is 367 g/mol. The van der Waals surface area contributed by atoms with Gasteiger partial charge in [0.1, 0.15) is 11.6 Å². The number of aryl methyl sites for hydroxylation is 1. The molecule has 2 aliphatic rings. The maximum atomic E-state index is 12.5. The minimum atomic E-state index is 0.0185. The number of carbonyl (C=O) groups excluding carboxylic acids is 1. The van der Waals surface area contributed by atoms with Crippen molar-refractivity contribution in [2.24, 2.45) is 11.8 Å². The van der Waals surface area contributed by atoms with E-state index in [1.54, 1.807) is 6.20 Å². The minimum absolute atomic E-state index is 0.0185. The normalized spacial score (nSPS) is 23.9. The van der Waals surface area contributed by atoms with Gasteiger partial charge in [-0.2, -0.15) is 0 Å². The summed E-state index contributed by atoms with van der Waals surface area (Å²) in [6, 6.07) is 13.6. The van der Waals surface area contributed by atoms with Crippen molar-refractivity contribution < 1.29 is 14.3 Å². The van der Waals surface area contributed by atoms with Gasteiger partial charge < -0.3 is 19.7 Å². The van der Waals surface area contributed by atoms with Crippen LogP contribution in [0.3, 0.4) is 0 Å². The predicted molar refractivity (Wildman–Crippen MR) is 103 cm³/mol. The summed E-state index contributed by atoms with van der Waals surface area (Å²) in [7, 11) is 0. The van der Waals surface area contributed by atoms with Crippen LogP contribution < -0.4 is 10.1 Å². The largest absolute Gasteiger partial charge is 0.484 e. The van der Waals surface area contributed by atoms with Gasteiger partial charge in [-0.15, -0.1) is 0 Å². The molecule has 2 saturated heterocycles. The van der Waals surface area contributed by atoms with Crippen LogP contribution >= 0.6 is 0 Å². The summed E-state index contributed by atoms with van der Waals surface area (Å²) in [6.07, 6.45) is 1.91. The lowest BCUT2D eigenvalue weighted by Gasteiger charge is -2.20. The molecule has 0 aliphatic carbocycles. The highest BCUT2D eigenvalue weighted by Gasteiger charge is 2.45. The molecule has 1 N–H and O–H groups in total. The molecule has 2 aromatic rings. The van der Waals surface area contributed by atoms with Crippen molar-refractivity contribution in [2.45, 2.75) is 13.0 Å². The SMILES string of the molecule is Cc1ccc(OCC(=O)N2C[C@@H]3[C@@H](CNc4ccccn4)CO[C@@H]3C2)cc1. The van der Waals surface area contributed by atoms with Gasteiger partial charge in [0.15, 0.2) is 6.61 Å². The number of aromatic nitrogens is 1. The number of amides is 1. The number of likely N-dealkylation sites (tertiary alicyclic amines) is 1. The van der Waals surface area contributed by atoms with E-state index in [1.165, 1.54) is 5.56 Å². The van der Waals surface area contributed by atoms with Crippen molar-refractivity contribution in [1.82, 2.24) is 9.88 Å². The maximum Gasteiger partial charge on any atom is 0.260 e. The number of benzene rings is 1. The maximum absolute atomic E-state index is 12.5. The first-order valence-corrected chi connectivity index (χ1v) is 9.43. The van der Waals surface area contributed by atoms with Crippen molar-refractivity contribution in [3.8, 4) is 5.75 Å². The molecule has 0 bridgehead atoms. The van der Waals surface area contributed by atoms with E-state index in [0.717, 1.165) is 31.3 Å². The standard InChI is InChI=1S/C21H25N3O3/c1-15-5-7-17(8-6-15)26-14-21(25)24-11-18-16(13-27-19(18)12-24)10-23-20-4-2-3-9-22-20/h2-9,16,18-19H,10-14H2,1H3,(H,22,23)/t16-,18+,19+/m0/s1. The zero-order valence-electron chi connectivity index (χ0n) is 15.5. The Kier molecular flexibility index (Phi) is 5.25.